The van der Waals surface area contributed by atoms with Crippen LogP contribution in [0.25, 0.3) is 72.7 Å². The Bertz CT molecular complexity index is 4090. The van der Waals surface area contributed by atoms with Crippen molar-refractivity contribution >= 4 is 11.0 Å². The number of aromatic hydroxyl groups is 1. The van der Waals surface area contributed by atoms with Gasteiger partial charge in [-0.2, -0.15) is 0 Å². The van der Waals surface area contributed by atoms with E-state index in [4.69, 9.17) is 21.4 Å². The van der Waals surface area contributed by atoms with Gasteiger partial charge in [0.25, 0.3) is 0 Å². The lowest BCUT2D eigenvalue weighted by molar-refractivity contribution is 0.426. The summed E-state index contributed by atoms with van der Waals surface area (Å²) in [7, 11) is 0. The van der Waals surface area contributed by atoms with E-state index in [-0.39, 0.29) is 67.2 Å². The zero-order valence-electron chi connectivity index (χ0n) is 63.9. The van der Waals surface area contributed by atoms with Crippen molar-refractivity contribution in [2.75, 3.05) is 0 Å². The van der Waals surface area contributed by atoms with E-state index in [9.17, 15) is 14.7 Å². The van der Waals surface area contributed by atoms with Crippen molar-refractivity contribution in [3.63, 3.8) is 0 Å². The molecule has 0 radical (unpaired) electrons. The Kier molecular flexibility index (Phi) is 9.29. The Balaban J connectivity index is 1.48. The fraction of sp³-hybridized carbons (Fsp3) is 0.391. The molecule has 0 saturated carbocycles. The third-order valence-electron chi connectivity index (χ3n) is 15.6. The Hall–Kier alpha value is -6.26. The van der Waals surface area contributed by atoms with Gasteiger partial charge in [-0.15, -0.1) is 0 Å². The van der Waals surface area contributed by atoms with Crippen LogP contribution in [-0.2, 0) is 21.7 Å². The first kappa shape index (κ1) is 33.5. The molecular formula is C69H83N3O. The van der Waals surface area contributed by atoms with Gasteiger partial charge in [0.2, 0.25) is 0 Å². The van der Waals surface area contributed by atoms with E-state index in [1.165, 1.54) is 0 Å². The summed E-state index contributed by atoms with van der Waals surface area (Å²) in [4.78, 5) is 9.87. The smallest absolute Gasteiger partial charge is 0.149 e. The van der Waals surface area contributed by atoms with Crippen LogP contribution in [0.1, 0.15) is 213 Å². The zero-order chi connectivity index (χ0) is 69.1. The predicted molar refractivity (Wildman–Crippen MR) is 314 cm³/mol. The van der Waals surface area contributed by atoms with Gasteiger partial charge >= 0.3 is 0 Å². The highest BCUT2D eigenvalue weighted by Crippen LogP contribution is 2.48. The summed E-state index contributed by atoms with van der Waals surface area (Å²) in [5, 5.41) is 12.6. The Morgan fingerprint density at radius 3 is 1.90 bits per heavy atom. The molecule has 6 aromatic carbocycles. The van der Waals surface area contributed by atoms with Crippen molar-refractivity contribution < 1.29 is 31.2 Å². The number of hydrogen-bond acceptors (Lipinski definition) is 3. The molecule has 0 atom stereocenters. The lowest BCUT2D eigenvalue weighted by Crippen LogP contribution is -2.25. The Morgan fingerprint density at radius 1 is 0.630 bits per heavy atom. The summed E-state index contributed by atoms with van der Waals surface area (Å²) in [6, 6.07) is 24.7. The van der Waals surface area contributed by atoms with Gasteiger partial charge in [0.1, 0.15) is 11.6 Å². The molecule has 8 aromatic rings. The number of benzene rings is 6. The quantitative estimate of drug-likeness (QED) is 0.118. The summed E-state index contributed by atoms with van der Waals surface area (Å²) < 4.78 is 169. The summed E-state index contributed by atoms with van der Waals surface area (Å²) in [6.07, 6.45) is 2.65. The number of imidazole rings is 1. The van der Waals surface area contributed by atoms with Crippen molar-refractivity contribution in [1.29, 1.82) is 0 Å². The number of phenols is 1. The molecule has 0 aliphatic rings. The maximum absolute atomic E-state index is 12.6. The monoisotopic (exact) mass is 989 g/mol. The maximum Gasteiger partial charge on any atom is 0.149 e. The van der Waals surface area contributed by atoms with Crippen molar-refractivity contribution in [3.8, 4) is 67.5 Å². The van der Waals surface area contributed by atoms with Gasteiger partial charge in [0, 0.05) is 36.5 Å². The molecule has 380 valence electrons. The molecule has 0 aliphatic carbocycles. The van der Waals surface area contributed by atoms with Crippen LogP contribution < -0.4 is 0 Å². The number of aromatic nitrogens is 3. The average molecular weight is 990 g/mol. The molecule has 8 rings (SSSR count). The first-order valence-corrected chi connectivity index (χ1v) is 25.6. The molecule has 0 unspecified atom stereocenters. The lowest BCUT2D eigenvalue weighted by atomic mass is 9.68. The molecule has 4 heteroatoms. The van der Waals surface area contributed by atoms with Gasteiger partial charge in [-0.05, 0) is 181 Å². The fourth-order valence-electron chi connectivity index (χ4n) is 9.94. The van der Waals surface area contributed by atoms with E-state index < -0.39 is 85.9 Å². The number of pyridine rings is 1. The molecule has 4 nitrogen and oxygen atoms in total. The second kappa shape index (κ2) is 20.2. The van der Waals surface area contributed by atoms with E-state index in [2.05, 4.69) is 64.7 Å². The predicted octanol–water partition coefficient (Wildman–Crippen LogP) is 19.8. The van der Waals surface area contributed by atoms with Crippen LogP contribution in [0.2, 0.25) is 0 Å². The molecule has 0 spiro atoms. The number of nitrogens with zero attached hydrogens (tertiary/aromatic N) is 3. The molecule has 2 aromatic heterocycles. The van der Waals surface area contributed by atoms with Crippen molar-refractivity contribution in [2.24, 2.45) is 0 Å². The third-order valence-corrected chi connectivity index (χ3v) is 15.6. The van der Waals surface area contributed by atoms with Crippen LogP contribution in [0.15, 0.2) is 127 Å². The molecule has 0 aliphatic heterocycles. The Labute approximate surface area is 466 Å². The van der Waals surface area contributed by atoms with Crippen LogP contribution in [0.4, 0.5) is 0 Å². The van der Waals surface area contributed by atoms with Gasteiger partial charge in [-0.1, -0.05) is 183 Å². The van der Waals surface area contributed by atoms with E-state index in [0.717, 1.165) is 60.1 Å². The first-order valence-electron chi connectivity index (χ1n) is 35.1. The van der Waals surface area contributed by atoms with Crippen LogP contribution >= 0.6 is 0 Å². The van der Waals surface area contributed by atoms with Gasteiger partial charge in [-0.3, -0.25) is 9.55 Å². The van der Waals surface area contributed by atoms with Crippen molar-refractivity contribution in [2.45, 2.75) is 177 Å². The summed E-state index contributed by atoms with van der Waals surface area (Å²) in [5.41, 5.74) is 0.876. The summed E-state index contributed by atoms with van der Waals surface area (Å²) in [5.74, 6) is -2.85. The molecule has 0 saturated heterocycles. The zero-order valence-corrected chi connectivity index (χ0v) is 44.9. The Morgan fingerprint density at radius 2 is 1.29 bits per heavy atom. The lowest BCUT2D eigenvalue weighted by Gasteiger charge is -2.36. The molecule has 0 bridgehead atoms. The SMILES string of the molecule is [2H]c1nc(-c2cc(-c3cccc4c3nc(-c3cc(C([2H])(C)C)cc(C([2H])(C)C)c3O)n4-c3ccc(-c4c(C(C)(CC)CC)cccc4C(C)(CC)CC)cc3C([2H])([2H])[2H])cc(C(C)(C)C)c2)c([2H])c(-c2ccc(C(C([2H])([2H])[2H])(C([2H])([2H])[2H])C([2H])([2H])[2H])c([2H])c2[2H])c1[2H]. The fourth-order valence-corrected chi connectivity index (χ4v) is 9.94. The summed E-state index contributed by atoms with van der Waals surface area (Å²) >= 11 is 0. The van der Waals surface area contributed by atoms with Gasteiger partial charge in [0.15, 0.2) is 0 Å². The topological polar surface area (TPSA) is 50.9 Å². The van der Waals surface area contributed by atoms with Gasteiger partial charge in [-0.25, -0.2) is 4.98 Å². The number of rotatable bonds is 14. The van der Waals surface area contributed by atoms with E-state index in [0.29, 0.717) is 33.3 Å². The van der Waals surface area contributed by atoms with E-state index >= 15 is 0 Å². The number of hydrogen-bond donors (Lipinski definition) is 1. The maximum atomic E-state index is 12.6. The molecule has 0 fully saturated rings. The second-order valence-electron chi connectivity index (χ2n) is 21.8. The van der Waals surface area contributed by atoms with E-state index in [1.807, 2.05) is 39.0 Å². The number of aryl methyl sites for hydroxylation is 1. The highest BCUT2D eigenvalue weighted by atomic mass is 16.3. The number of fused-ring (bicyclic) bond motifs is 1. The second-order valence-corrected chi connectivity index (χ2v) is 21.8. The largest absolute Gasteiger partial charge is 0.507 e. The minimum atomic E-state index is -3.75. The van der Waals surface area contributed by atoms with Crippen LogP contribution in [0.3, 0.4) is 0 Å². The molecule has 0 amide bonds. The third kappa shape index (κ3) is 10.1. The average Bonchev–Trinajstić information content (AvgIpc) is 0.792. The van der Waals surface area contributed by atoms with Gasteiger partial charge < -0.3 is 5.11 Å². The van der Waals surface area contributed by atoms with E-state index in [1.54, 1.807) is 80.8 Å². The molecule has 73 heavy (non-hydrogen) atoms. The molecule has 1 N–H and O–H groups in total. The number of para-hydroxylation sites is 1. The molecular weight excluding hydrogens is 887 g/mol. The highest BCUT2D eigenvalue weighted by molar-refractivity contribution is 5.97. The number of phenolic OH excluding ortho intramolecular Hbond substituents is 1. The molecule has 2 heterocycles. The van der Waals surface area contributed by atoms with Crippen LogP contribution in [0.5, 0.6) is 5.75 Å². The minimum absolute atomic E-state index is 0.0105. The van der Waals surface area contributed by atoms with Crippen molar-refractivity contribution in [3.05, 3.63) is 166 Å². The van der Waals surface area contributed by atoms with Crippen LogP contribution in [-0.4, -0.2) is 19.6 Å². The van der Waals surface area contributed by atoms with Gasteiger partial charge in [0.05, 0.1) is 34.8 Å². The first-order chi connectivity index (χ1) is 42.1. The van der Waals surface area contributed by atoms with Crippen molar-refractivity contribution in [1.82, 2.24) is 14.5 Å². The highest BCUT2D eigenvalue weighted by Gasteiger charge is 2.33. The minimum Gasteiger partial charge on any atom is -0.507 e. The standard InChI is InChI=1S/C69H83N3O/c1-18-68(16,19-2)57-25-23-26-58(69(17,20-3)21-4)62(57)48-30-33-60(45(9)36-48)72-61-27-22-24-54(63(61)71-65(72)56-41-49(43(5)6)40-55(44(7)8)64(56)73)50-37-51(39-53(38-50)67(13,14)15)59-42-47(34-35-70-59)46-28-31-52(32-29-46)66(10,11)12/h22-44,73H,18-21H2,1-17H3/i9D3,10D3,11D3,12D3,28D,31D,34D,35D,42D,43D,44D. The normalized spacial score (nSPS) is 17.5. The van der Waals surface area contributed by atoms with Crippen LogP contribution in [0, 0.1) is 6.85 Å². The summed E-state index contributed by atoms with van der Waals surface area (Å²) in [6.45, 7) is 11.7.